The third kappa shape index (κ3) is 4.56. The molecule has 1 atom stereocenters. The zero-order valence-corrected chi connectivity index (χ0v) is 14.0. The topological polar surface area (TPSA) is 46.2 Å². The fourth-order valence-corrected chi connectivity index (χ4v) is 4.07. The van der Waals surface area contributed by atoms with Crippen LogP contribution >= 0.6 is 39.1 Å². The zero-order valence-electron chi connectivity index (χ0n) is 10.1. The minimum absolute atomic E-state index is 0.0168. The maximum absolute atomic E-state index is 13.5. The van der Waals surface area contributed by atoms with Gasteiger partial charge in [-0.05, 0) is 18.6 Å². The molecule has 0 aliphatic rings. The van der Waals surface area contributed by atoms with Crippen molar-refractivity contribution in [3.8, 4) is 0 Å². The van der Waals surface area contributed by atoms with Gasteiger partial charge in [-0.2, -0.15) is 0 Å². The number of rotatable bonds is 6. The molecule has 0 aliphatic carbocycles. The van der Waals surface area contributed by atoms with Crippen LogP contribution in [0.3, 0.4) is 0 Å². The zero-order chi connectivity index (χ0) is 14.6. The highest BCUT2D eigenvalue weighted by molar-refractivity contribution is 9.09. The molecule has 19 heavy (non-hydrogen) atoms. The molecule has 8 heteroatoms. The number of nitrogens with one attached hydrogen (secondary N) is 1. The fraction of sp³-hybridized carbons (Fsp3) is 0.455. The second kappa shape index (κ2) is 7.22. The Kier molecular flexibility index (Phi) is 6.53. The van der Waals surface area contributed by atoms with E-state index in [1.54, 1.807) is 0 Å². The summed E-state index contributed by atoms with van der Waals surface area (Å²) < 4.78 is 39.9. The molecule has 0 aromatic heterocycles. The Hall–Kier alpha value is 0.120. The van der Waals surface area contributed by atoms with Gasteiger partial charge < -0.3 is 0 Å². The van der Waals surface area contributed by atoms with Crippen molar-refractivity contribution in [2.45, 2.75) is 29.5 Å². The van der Waals surface area contributed by atoms with Crippen molar-refractivity contribution < 1.29 is 12.8 Å². The summed E-state index contributed by atoms with van der Waals surface area (Å²) in [7, 11) is -3.85. The lowest BCUT2D eigenvalue weighted by Gasteiger charge is -2.12. The van der Waals surface area contributed by atoms with Crippen LogP contribution < -0.4 is 4.72 Å². The third-order valence-electron chi connectivity index (χ3n) is 2.39. The Morgan fingerprint density at radius 1 is 1.42 bits per heavy atom. The minimum Gasteiger partial charge on any atom is -0.210 e. The highest BCUT2D eigenvalue weighted by atomic mass is 79.9. The van der Waals surface area contributed by atoms with Crippen molar-refractivity contribution >= 4 is 49.2 Å². The summed E-state index contributed by atoms with van der Waals surface area (Å²) in [6, 6.07) is 2.34. The van der Waals surface area contributed by atoms with Crippen molar-refractivity contribution in [1.29, 1.82) is 0 Å². The Morgan fingerprint density at radius 3 is 2.63 bits per heavy atom. The largest absolute Gasteiger partial charge is 0.242 e. The first-order valence-electron chi connectivity index (χ1n) is 5.56. The lowest BCUT2D eigenvalue weighted by molar-refractivity contribution is 0.575. The summed E-state index contributed by atoms with van der Waals surface area (Å²) in [5.41, 5.74) is 0. The number of halogens is 4. The van der Waals surface area contributed by atoms with Gasteiger partial charge in [0.15, 0.2) is 5.82 Å². The summed E-state index contributed by atoms with van der Waals surface area (Å²) in [5.74, 6) is -0.935. The molecule has 0 saturated carbocycles. The van der Waals surface area contributed by atoms with Crippen molar-refractivity contribution in [1.82, 2.24) is 4.72 Å². The van der Waals surface area contributed by atoms with Gasteiger partial charge in [0.1, 0.15) is 4.90 Å². The van der Waals surface area contributed by atoms with Crippen LogP contribution in [0.25, 0.3) is 0 Å². The summed E-state index contributed by atoms with van der Waals surface area (Å²) in [5, 5.41) is -0.713. The molecule has 108 valence electrons. The van der Waals surface area contributed by atoms with Crippen molar-refractivity contribution in [3.63, 3.8) is 0 Å². The van der Waals surface area contributed by atoms with Crippen molar-refractivity contribution in [2.75, 3.05) is 6.54 Å². The van der Waals surface area contributed by atoms with Gasteiger partial charge >= 0.3 is 0 Å². The Labute approximate surface area is 130 Å². The van der Waals surface area contributed by atoms with Gasteiger partial charge in [-0.25, -0.2) is 17.5 Å². The average Bonchev–Trinajstić information content (AvgIpc) is 2.34. The molecule has 1 rings (SSSR count). The molecule has 0 radical (unpaired) electrons. The van der Waals surface area contributed by atoms with Crippen LogP contribution in [0, 0.1) is 5.82 Å². The van der Waals surface area contributed by atoms with E-state index < -0.39 is 20.9 Å². The first kappa shape index (κ1) is 17.2. The molecule has 0 heterocycles. The van der Waals surface area contributed by atoms with Gasteiger partial charge in [0.25, 0.3) is 0 Å². The smallest absolute Gasteiger partial charge is 0.210 e. The maximum atomic E-state index is 13.5. The van der Waals surface area contributed by atoms with E-state index in [-0.39, 0.29) is 21.3 Å². The SMILES string of the molecule is CCCC(Br)CNS(=O)(=O)c1ccc(Cl)c(F)c1Cl. The standard InChI is InChI=1S/C11H13BrCl2FNO2S/c1-2-3-7(12)6-16-19(17,18)9-5-4-8(13)11(15)10(9)14/h4-5,7,16H,2-3,6H2,1H3. The minimum atomic E-state index is -3.85. The summed E-state index contributed by atoms with van der Waals surface area (Å²) in [6.07, 6.45) is 1.75. The second-order valence-corrected chi connectivity index (χ2v) is 7.73. The van der Waals surface area contributed by atoms with Crippen molar-refractivity contribution in [2.24, 2.45) is 0 Å². The molecule has 0 fully saturated rings. The first-order valence-corrected chi connectivity index (χ1v) is 8.72. The molecular weight excluding hydrogens is 380 g/mol. The van der Waals surface area contributed by atoms with E-state index in [0.29, 0.717) is 0 Å². The number of benzene rings is 1. The van der Waals surface area contributed by atoms with Crippen LogP contribution in [0.15, 0.2) is 17.0 Å². The van der Waals surface area contributed by atoms with E-state index in [1.807, 2.05) is 6.92 Å². The molecule has 0 amide bonds. The lowest BCUT2D eigenvalue weighted by atomic mass is 10.2. The molecule has 1 unspecified atom stereocenters. The van der Waals surface area contributed by atoms with Crippen LogP contribution in [-0.2, 0) is 10.0 Å². The monoisotopic (exact) mass is 391 g/mol. The van der Waals surface area contributed by atoms with Crippen LogP contribution in [0.2, 0.25) is 10.0 Å². The van der Waals surface area contributed by atoms with E-state index in [4.69, 9.17) is 23.2 Å². The van der Waals surface area contributed by atoms with E-state index in [2.05, 4.69) is 20.7 Å². The molecule has 3 nitrogen and oxygen atoms in total. The van der Waals surface area contributed by atoms with Gasteiger partial charge in [0, 0.05) is 11.4 Å². The van der Waals surface area contributed by atoms with Crippen LogP contribution in [0.5, 0.6) is 0 Å². The Morgan fingerprint density at radius 2 is 2.05 bits per heavy atom. The number of hydrogen-bond acceptors (Lipinski definition) is 2. The van der Waals surface area contributed by atoms with Gasteiger partial charge in [-0.3, -0.25) is 0 Å². The van der Waals surface area contributed by atoms with Crippen LogP contribution in [0.1, 0.15) is 19.8 Å². The molecule has 0 aliphatic heterocycles. The Bertz CT molecular complexity index is 554. The van der Waals surface area contributed by atoms with E-state index in [9.17, 15) is 12.8 Å². The van der Waals surface area contributed by atoms with Gasteiger partial charge in [-0.15, -0.1) is 0 Å². The molecule has 1 aromatic carbocycles. The normalized spacial score (nSPS) is 13.5. The van der Waals surface area contributed by atoms with Gasteiger partial charge in [0.05, 0.1) is 10.0 Å². The highest BCUT2D eigenvalue weighted by Crippen LogP contribution is 2.29. The van der Waals surface area contributed by atoms with Crippen LogP contribution in [0.4, 0.5) is 4.39 Å². The molecule has 1 N–H and O–H groups in total. The highest BCUT2D eigenvalue weighted by Gasteiger charge is 2.22. The molecule has 0 spiro atoms. The predicted molar refractivity (Wildman–Crippen MR) is 79.2 cm³/mol. The number of hydrogen-bond donors (Lipinski definition) is 1. The summed E-state index contributed by atoms with van der Waals surface area (Å²) >= 11 is 14.5. The van der Waals surface area contributed by atoms with E-state index in [0.717, 1.165) is 18.9 Å². The second-order valence-electron chi connectivity index (χ2n) is 3.91. The average molecular weight is 393 g/mol. The molecule has 0 saturated heterocycles. The van der Waals surface area contributed by atoms with Gasteiger partial charge in [-0.1, -0.05) is 52.5 Å². The molecule has 0 bridgehead atoms. The van der Waals surface area contributed by atoms with E-state index >= 15 is 0 Å². The van der Waals surface area contributed by atoms with Crippen molar-refractivity contribution in [3.05, 3.63) is 28.0 Å². The molecule has 1 aromatic rings. The number of alkyl halides is 1. The maximum Gasteiger partial charge on any atom is 0.242 e. The Balaban J connectivity index is 2.92. The quantitative estimate of drug-likeness (QED) is 0.587. The van der Waals surface area contributed by atoms with Crippen LogP contribution in [-0.4, -0.2) is 19.8 Å². The summed E-state index contributed by atoms with van der Waals surface area (Å²) in [4.78, 5) is -0.296. The summed E-state index contributed by atoms with van der Waals surface area (Å²) in [6.45, 7) is 2.20. The van der Waals surface area contributed by atoms with E-state index in [1.165, 1.54) is 6.07 Å². The number of sulfonamides is 1. The third-order valence-corrected chi connectivity index (χ3v) is 5.41. The van der Waals surface area contributed by atoms with Gasteiger partial charge in [0.2, 0.25) is 10.0 Å². The fourth-order valence-electron chi connectivity index (χ4n) is 1.41. The predicted octanol–water partition coefficient (Wildman–Crippen LogP) is 3.97. The lowest BCUT2D eigenvalue weighted by Crippen LogP contribution is -2.30. The molecular formula is C11H13BrCl2FNO2S. The first-order chi connectivity index (χ1) is 8.79.